The second-order valence-corrected chi connectivity index (χ2v) is 9.91. The number of ether oxygens (including phenoxy) is 1. The number of ketones is 1. The van der Waals surface area contributed by atoms with E-state index in [0.29, 0.717) is 19.0 Å². The van der Waals surface area contributed by atoms with Gasteiger partial charge in [0.15, 0.2) is 5.78 Å². The summed E-state index contributed by atoms with van der Waals surface area (Å²) in [6.07, 6.45) is 1.70. The van der Waals surface area contributed by atoms with Gasteiger partial charge >= 0.3 is 6.09 Å². The van der Waals surface area contributed by atoms with Crippen LogP contribution in [-0.4, -0.2) is 53.1 Å². The molecule has 2 aromatic rings. The van der Waals surface area contributed by atoms with Crippen molar-refractivity contribution in [2.45, 2.75) is 59.6 Å². The molecule has 1 unspecified atom stereocenters. The van der Waals surface area contributed by atoms with Gasteiger partial charge in [-0.1, -0.05) is 30.3 Å². The minimum Gasteiger partial charge on any atom is -0.444 e. The molecule has 2 heterocycles. The Morgan fingerprint density at radius 3 is 2.56 bits per heavy atom. The van der Waals surface area contributed by atoms with Gasteiger partial charge in [-0.05, 0) is 71.6 Å². The third-order valence-corrected chi connectivity index (χ3v) is 5.96. The molecule has 1 N–H and O–H groups in total. The molecule has 1 aromatic heterocycles. The lowest BCUT2D eigenvalue weighted by Crippen LogP contribution is -2.43. The zero-order chi connectivity index (χ0) is 23.3. The molecule has 0 spiro atoms. The zero-order valence-electron chi connectivity index (χ0n) is 20.1. The zero-order valence-corrected chi connectivity index (χ0v) is 20.1. The van der Waals surface area contributed by atoms with Crippen LogP contribution in [-0.2, 0) is 11.3 Å². The van der Waals surface area contributed by atoms with Crippen LogP contribution in [0.5, 0.6) is 0 Å². The van der Waals surface area contributed by atoms with E-state index in [-0.39, 0.29) is 11.9 Å². The van der Waals surface area contributed by atoms with E-state index >= 15 is 0 Å². The molecular formula is C26H37N3O3. The summed E-state index contributed by atoms with van der Waals surface area (Å²) in [4.78, 5) is 27.3. The van der Waals surface area contributed by atoms with Gasteiger partial charge in [0.2, 0.25) is 0 Å². The highest BCUT2D eigenvalue weighted by molar-refractivity contribution is 5.99. The maximum Gasteiger partial charge on any atom is 0.407 e. The molecule has 1 aliphatic heterocycles. The number of nitrogens with one attached hydrogen (secondary N) is 1. The van der Waals surface area contributed by atoms with Crippen LogP contribution in [0.4, 0.5) is 4.79 Å². The molecule has 32 heavy (non-hydrogen) atoms. The highest BCUT2D eigenvalue weighted by atomic mass is 16.6. The molecule has 0 bridgehead atoms. The van der Waals surface area contributed by atoms with Crippen LogP contribution in [0.2, 0.25) is 0 Å². The highest BCUT2D eigenvalue weighted by Crippen LogP contribution is 2.20. The lowest BCUT2D eigenvalue weighted by atomic mass is 9.97. The van der Waals surface area contributed by atoms with Crippen molar-refractivity contribution < 1.29 is 14.3 Å². The number of Topliss-reactive ketones (excluding diaryl/α,β-unsaturated/α-hetero) is 1. The van der Waals surface area contributed by atoms with Gasteiger partial charge in [0.25, 0.3) is 0 Å². The number of aryl methyl sites for hydroxylation is 1. The summed E-state index contributed by atoms with van der Waals surface area (Å²) in [7, 11) is 0. The summed E-state index contributed by atoms with van der Waals surface area (Å²) in [5.74, 6) is 0.493. The Kier molecular flexibility index (Phi) is 7.77. The van der Waals surface area contributed by atoms with Gasteiger partial charge in [0.05, 0.1) is 6.54 Å². The molecule has 1 saturated heterocycles. The monoisotopic (exact) mass is 439 g/mol. The Labute approximate surface area is 191 Å². The van der Waals surface area contributed by atoms with Crippen LogP contribution in [0.3, 0.4) is 0 Å². The second-order valence-electron chi connectivity index (χ2n) is 9.91. The van der Waals surface area contributed by atoms with Crippen LogP contribution >= 0.6 is 0 Å². The molecule has 6 heteroatoms. The van der Waals surface area contributed by atoms with Gasteiger partial charge in [-0.25, -0.2) is 4.79 Å². The van der Waals surface area contributed by atoms with Gasteiger partial charge in [0.1, 0.15) is 5.60 Å². The molecule has 1 aromatic carbocycles. The van der Waals surface area contributed by atoms with E-state index in [9.17, 15) is 9.59 Å². The first-order valence-electron chi connectivity index (χ1n) is 11.6. The predicted molar refractivity (Wildman–Crippen MR) is 127 cm³/mol. The number of carbonyl (C=O) groups is 2. The number of rotatable bonds is 7. The van der Waals surface area contributed by atoms with Gasteiger partial charge in [-0.3, -0.25) is 9.69 Å². The van der Waals surface area contributed by atoms with E-state index in [2.05, 4.69) is 33.8 Å². The average molecular weight is 440 g/mol. The largest absolute Gasteiger partial charge is 0.444 e. The van der Waals surface area contributed by atoms with E-state index in [0.717, 1.165) is 49.4 Å². The molecule has 174 valence electrons. The first-order valence-corrected chi connectivity index (χ1v) is 11.6. The third kappa shape index (κ3) is 6.70. The number of likely N-dealkylation sites (tertiary alicyclic amines) is 1. The highest BCUT2D eigenvalue weighted by Gasteiger charge is 2.25. The van der Waals surface area contributed by atoms with Crippen molar-refractivity contribution in [3.05, 3.63) is 58.9 Å². The number of carbonyl (C=O) groups excluding carboxylic acids is 2. The Balaban J connectivity index is 1.56. The fraction of sp³-hybridized carbons (Fsp3) is 0.538. The molecule has 0 radical (unpaired) electrons. The molecule has 1 aliphatic rings. The number of amides is 1. The number of alkyl carbamates (subject to hydrolysis) is 1. The number of benzene rings is 1. The molecule has 0 saturated carbocycles. The molecule has 3 rings (SSSR count). The van der Waals surface area contributed by atoms with Crippen molar-refractivity contribution in [3.8, 4) is 0 Å². The number of piperidine rings is 1. The van der Waals surface area contributed by atoms with Crippen LogP contribution in [0.15, 0.2) is 36.4 Å². The SMILES string of the molecule is Cc1cc(C(=O)CN2CCCC(CNC(=O)OC(C)(C)C)C2)c(C)n1Cc1ccccc1. The van der Waals surface area contributed by atoms with Crippen molar-refractivity contribution in [2.75, 3.05) is 26.2 Å². The summed E-state index contributed by atoms with van der Waals surface area (Å²) >= 11 is 0. The number of hydrogen-bond acceptors (Lipinski definition) is 4. The summed E-state index contributed by atoms with van der Waals surface area (Å²) < 4.78 is 7.54. The van der Waals surface area contributed by atoms with Crippen molar-refractivity contribution in [2.24, 2.45) is 5.92 Å². The van der Waals surface area contributed by atoms with Crippen molar-refractivity contribution in [1.82, 2.24) is 14.8 Å². The first kappa shape index (κ1) is 24.1. The minimum absolute atomic E-state index is 0.165. The van der Waals surface area contributed by atoms with Crippen LogP contribution in [0.1, 0.15) is 60.9 Å². The predicted octanol–water partition coefficient (Wildman–Crippen LogP) is 4.57. The van der Waals surface area contributed by atoms with Crippen LogP contribution in [0, 0.1) is 19.8 Å². The van der Waals surface area contributed by atoms with Crippen LogP contribution in [0.25, 0.3) is 0 Å². The Morgan fingerprint density at radius 1 is 1.16 bits per heavy atom. The molecule has 6 nitrogen and oxygen atoms in total. The van der Waals surface area contributed by atoms with E-state index in [1.54, 1.807) is 0 Å². The first-order chi connectivity index (χ1) is 15.1. The van der Waals surface area contributed by atoms with E-state index in [1.165, 1.54) is 5.56 Å². The third-order valence-electron chi connectivity index (χ3n) is 5.96. The lowest BCUT2D eigenvalue weighted by molar-refractivity contribution is 0.0504. The molecule has 1 atom stereocenters. The second kappa shape index (κ2) is 10.3. The molecule has 1 amide bonds. The molecular weight excluding hydrogens is 402 g/mol. The average Bonchev–Trinajstić information content (AvgIpc) is 3.00. The Hall–Kier alpha value is -2.60. The molecule has 1 fully saturated rings. The number of nitrogens with zero attached hydrogens (tertiary/aromatic N) is 2. The van der Waals surface area contributed by atoms with Crippen LogP contribution < -0.4 is 5.32 Å². The van der Waals surface area contributed by atoms with E-state index in [1.807, 2.05) is 52.0 Å². The topological polar surface area (TPSA) is 63.6 Å². The fourth-order valence-corrected chi connectivity index (χ4v) is 4.38. The fourth-order valence-electron chi connectivity index (χ4n) is 4.38. The minimum atomic E-state index is -0.498. The lowest BCUT2D eigenvalue weighted by Gasteiger charge is -2.32. The Bertz CT molecular complexity index is 928. The molecule has 0 aliphatic carbocycles. The van der Waals surface area contributed by atoms with Crippen molar-refractivity contribution in [1.29, 1.82) is 0 Å². The Morgan fingerprint density at radius 2 is 1.88 bits per heavy atom. The smallest absolute Gasteiger partial charge is 0.407 e. The summed E-state index contributed by atoms with van der Waals surface area (Å²) in [5.41, 5.74) is 3.67. The summed E-state index contributed by atoms with van der Waals surface area (Å²) in [5, 5.41) is 2.88. The van der Waals surface area contributed by atoms with Gasteiger partial charge in [-0.15, -0.1) is 0 Å². The summed E-state index contributed by atoms with van der Waals surface area (Å²) in [6.45, 7) is 13.2. The van der Waals surface area contributed by atoms with E-state index < -0.39 is 5.60 Å². The maximum absolute atomic E-state index is 13.1. The van der Waals surface area contributed by atoms with Gasteiger partial charge in [-0.2, -0.15) is 0 Å². The van der Waals surface area contributed by atoms with Crippen molar-refractivity contribution >= 4 is 11.9 Å². The number of aromatic nitrogens is 1. The van der Waals surface area contributed by atoms with Crippen molar-refractivity contribution in [3.63, 3.8) is 0 Å². The van der Waals surface area contributed by atoms with Gasteiger partial charge < -0.3 is 14.6 Å². The maximum atomic E-state index is 13.1. The van der Waals surface area contributed by atoms with Gasteiger partial charge in [0, 0.05) is 36.6 Å². The number of hydrogen-bond donors (Lipinski definition) is 1. The summed E-state index contributed by atoms with van der Waals surface area (Å²) in [6, 6.07) is 12.3. The normalized spacial score (nSPS) is 17.2. The quantitative estimate of drug-likeness (QED) is 0.642. The van der Waals surface area contributed by atoms with E-state index in [4.69, 9.17) is 4.74 Å². The standard InChI is InChI=1S/C26H37N3O3/c1-19-14-23(20(2)29(19)17-21-10-7-6-8-11-21)24(30)18-28-13-9-12-22(16-28)15-27-25(31)32-26(3,4)5/h6-8,10-11,14,22H,9,12-13,15-18H2,1-5H3,(H,27,31).